The molecule has 12 heteroatoms. The van der Waals surface area contributed by atoms with Crippen molar-refractivity contribution in [1.82, 2.24) is 19.9 Å². The number of thioether (sulfide) groups is 1. The van der Waals surface area contributed by atoms with Crippen LogP contribution in [0.2, 0.25) is 0 Å². The summed E-state index contributed by atoms with van der Waals surface area (Å²) >= 11 is 0.763. The van der Waals surface area contributed by atoms with Gasteiger partial charge in [0.2, 0.25) is 5.16 Å². The summed E-state index contributed by atoms with van der Waals surface area (Å²) in [6.07, 6.45) is -4.26. The first-order chi connectivity index (χ1) is 15.8. The van der Waals surface area contributed by atoms with Crippen LogP contribution < -0.4 is 10.6 Å². The molecule has 0 bridgehead atoms. The molecular weight excluding hydrogens is 457 g/mol. The lowest BCUT2D eigenvalue weighted by molar-refractivity contribution is -0.146. The molecule has 0 aliphatic carbocycles. The van der Waals surface area contributed by atoms with Gasteiger partial charge in [-0.15, -0.1) is 10.2 Å². The maximum atomic E-state index is 13.1. The Kier molecular flexibility index (Phi) is 6.27. The first kappa shape index (κ1) is 22.6. The summed E-state index contributed by atoms with van der Waals surface area (Å²) in [5.41, 5.74) is 2.47. The molecule has 2 aromatic carbocycles. The van der Waals surface area contributed by atoms with Crippen molar-refractivity contribution in [1.29, 1.82) is 0 Å². The third-order valence-electron chi connectivity index (χ3n) is 5.02. The van der Waals surface area contributed by atoms with E-state index in [0.717, 1.165) is 28.6 Å². The number of ether oxygens (including phenoxy) is 1. The Morgan fingerprint density at radius 1 is 1.15 bits per heavy atom. The zero-order valence-corrected chi connectivity index (χ0v) is 18.2. The van der Waals surface area contributed by atoms with Crippen molar-refractivity contribution in [2.45, 2.75) is 23.8 Å². The van der Waals surface area contributed by atoms with Crippen LogP contribution in [0.1, 0.15) is 29.4 Å². The van der Waals surface area contributed by atoms with E-state index in [1.165, 1.54) is 5.01 Å². The molecule has 1 aliphatic rings. The van der Waals surface area contributed by atoms with E-state index < -0.39 is 17.9 Å². The van der Waals surface area contributed by atoms with Gasteiger partial charge in [0.25, 0.3) is 11.7 Å². The fraction of sp³-hybridized carbons (Fsp3) is 0.238. The van der Waals surface area contributed by atoms with Crippen molar-refractivity contribution in [2.24, 2.45) is 5.10 Å². The third kappa shape index (κ3) is 4.80. The van der Waals surface area contributed by atoms with Crippen molar-refractivity contribution in [3.8, 4) is 5.75 Å². The van der Waals surface area contributed by atoms with Gasteiger partial charge in [-0.05, 0) is 23.3 Å². The molecule has 0 saturated heterocycles. The summed E-state index contributed by atoms with van der Waals surface area (Å²) in [5, 5.41) is 12.2. The van der Waals surface area contributed by atoms with Crippen LogP contribution in [0.4, 0.5) is 13.2 Å². The Balaban J connectivity index is 1.56. The number of amides is 1. The van der Waals surface area contributed by atoms with Gasteiger partial charge in [0.15, 0.2) is 0 Å². The first-order valence-electron chi connectivity index (χ1n) is 9.77. The van der Waals surface area contributed by atoms with Crippen LogP contribution in [-0.4, -0.2) is 44.4 Å². The molecule has 1 aliphatic heterocycles. The van der Waals surface area contributed by atoms with Gasteiger partial charge in [-0.1, -0.05) is 54.2 Å². The Labute approximate surface area is 191 Å². The molecule has 1 amide bonds. The molecule has 2 heterocycles. The highest BCUT2D eigenvalue weighted by Crippen LogP contribution is 2.35. The SMILES string of the molecule is COc1ccc(C2CC(c3ccccc3)=NN2C(=O)CSc2nnc(C(F)(F)F)n2N)cc1. The number of carbonyl (C=O) groups excluding carboxylic acids is 1. The summed E-state index contributed by atoms with van der Waals surface area (Å²) in [7, 11) is 1.56. The van der Waals surface area contributed by atoms with Gasteiger partial charge < -0.3 is 10.6 Å². The number of nitrogens with two attached hydrogens (primary N) is 1. The van der Waals surface area contributed by atoms with Gasteiger partial charge in [0, 0.05) is 6.42 Å². The summed E-state index contributed by atoms with van der Waals surface area (Å²) in [6, 6.07) is 16.4. The predicted octanol–water partition coefficient (Wildman–Crippen LogP) is 3.49. The molecule has 2 N–H and O–H groups in total. The van der Waals surface area contributed by atoms with Gasteiger partial charge in [0.1, 0.15) is 5.75 Å². The monoisotopic (exact) mass is 476 g/mol. The van der Waals surface area contributed by atoms with Crippen molar-refractivity contribution in [3.05, 3.63) is 71.5 Å². The van der Waals surface area contributed by atoms with Crippen LogP contribution in [-0.2, 0) is 11.0 Å². The molecule has 3 aromatic rings. The zero-order valence-electron chi connectivity index (χ0n) is 17.4. The number of hydrazone groups is 1. The maximum absolute atomic E-state index is 13.1. The van der Waals surface area contributed by atoms with Crippen molar-refractivity contribution in [2.75, 3.05) is 18.7 Å². The average Bonchev–Trinajstić information content (AvgIpc) is 3.42. The normalized spacial score (nSPS) is 16.1. The Morgan fingerprint density at radius 3 is 2.45 bits per heavy atom. The number of hydrogen-bond donors (Lipinski definition) is 1. The lowest BCUT2D eigenvalue weighted by atomic mass is 9.98. The van der Waals surface area contributed by atoms with E-state index in [9.17, 15) is 18.0 Å². The second-order valence-corrected chi connectivity index (χ2v) is 8.05. The van der Waals surface area contributed by atoms with E-state index in [4.69, 9.17) is 10.6 Å². The molecule has 1 aromatic heterocycles. The molecule has 1 unspecified atom stereocenters. The summed E-state index contributed by atoms with van der Waals surface area (Å²) in [5.74, 6) is 4.19. The van der Waals surface area contributed by atoms with Gasteiger partial charge in [-0.3, -0.25) is 4.79 Å². The third-order valence-corrected chi connectivity index (χ3v) is 5.94. The number of alkyl halides is 3. The second kappa shape index (κ2) is 9.14. The molecule has 0 saturated carbocycles. The number of benzene rings is 2. The van der Waals surface area contributed by atoms with Gasteiger partial charge in [0.05, 0.1) is 24.6 Å². The number of nitrogens with zero attached hydrogens (tertiary/aromatic N) is 5. The van der Waals surface area contributed by atoms with Crippen molar-refractivity contribution in [3.63, 3.8) is 0 Å². The first-order valence-corrected chi connectivity index (χ1v) is 10.8. The minimum atomic E-state index is -4.74. The molecule has 4 rings (SSSR count). The largest absolute Gasteiger partial charge is 0.497 e. The Morgan fingerprint density at radius 2 is 1.85 bits per heavy atom. The summed E-state index contributed by atoms with van der Waals surface area (Å²) in [6.45, 7) is 0. The minimum Gasteiger partial charge on any atom is -0.497 e. The fourth-order valence-corrected chi connectivity index (χ4v) is 4.10. The zero-order chi connectivity index (χ0) is 23.6. The number of halogens is 3. The maximum Gasteiger partial charge on any atom is 0.453 e. The number of rotatable bonds is 6. The second-order valence-electron chi connectivity index (χ2n) is 7.11. The quantitative estimate of drug-likeness (QED) is 0.432. The Hall–Kier alpha value is -3.54. The predicted molar refractivity (Wildman–Crippen MR) is 116 cm³/mol. The molecule has 0 radical (unpaired) electrons. The van der Waals surface area contributed by atoms with E-state index in [2.05, 4.69) is 15.3 Å². The average molecular weight is 476 g/mol. The lowest BCUT2D eigenvalue weighted by Crippen LogP contribution is -2.29. The Bertz CT molecular complexity index is 1160. The van der Waals surface area contributed by atoms with Crippen LogP contribution in [0.15, 0.2) is 64.9 Å². The molecule has 1 atom stereocenters. The highest BCUT2D eigenvalue weighted by Gasteiger charge is 2.39. The molecule has 172 valence electrons. The standard InChI is InChI=1S/C21H19F3N6O2S/c1-32-15-9-7-14(8-10-15)17-11-16(13-5-3-2-4-6-13)28-30(17)18(31)12-33-20-27-26-19(29(20)25)21(22,23)24/h2-10,17H,11-12,25H2,1H3. The highest BCUT2D eigenvalue weighted by molar-refractivity contribution is 7.99. The van der Waals surface area contributed by atoms with E-state index in [1.54, 1.807) is 19.2 Å². The molecule has 33 heavy (non-hydrogen) atoms. The summed E-state index contributed by atoms with van der Waals surface area (Å²) in [4.78, 5) is 13.1. The van der Waals surface area contributed by atoms with Crippen LogP contribution in [0.5, 0.6) is 5.75 Å². The van der Waals surface area contributed by atoms with Crippen LogP contribution >= 0.6 is 11.8 Å². The number of carbonyl (C=O) groups is 1. The van der Waals surface area contributed by atoms with E-state index in [1.807, 2.05) is 42.5 Å². The fourth-order valence-electron chi connectivity index (χ4n) is 3.39. The molecular formula is C21H19F3N6O2S. The van der Waals surface area contributed by atoms with Crippen LogP contribution in [0, 0.1) is 0 Å². The topological polar surface area (TPSA) is 98.6 Å². The summed E-state index contributed by atoms with van der Waals surface area (Å²) < 4.78 is 44.2. The van der Waals surface area contributed by atoms with E-state index in [-0.39, 0.29) is 17.0 Å². The van der Waals surface area contributed by atoms with Gasteiger partial charge >= 0.3 is 6.18 Å². The highest BCUT2D eigenvalue weighted by atomic mass is 32.2. The number of methoxy groups -OCH3 is 1. The van der Waals surface area contributed by atoms with E-state index in [0.29, 0.717) is 16.8 Å². The van der Waals surface area contributed by atoms with Crippen LogP contribution in [0.3, 0.4) is 0 Å². The van der Waals surface area contributed by atoms with Gasteiger partial charge in [-0.2, -0.15) is 18.3 Å². The van der Waals surface area contributed by atoms with Gasteiger partial charge in [-0.25, -0.2) is 9.69 Å². The molecule has 0 fully saturated rings. The number of hydrogen-bond acceptors (Lipinski definition) is 7. The van der Waals surface area contributed by atoms with Crippen molar-refractivity contribution >= 4 is 23.4 Å². The molecule has 0 spiro atoms. The minimum absolute atomic E-state index is 0.217. The van der Waals surface area contributed by atoms with E-state index >= 15 is 0 Å². The smallest absolute Gasteiger partial charge is 0.453 e. The number of nitrogen functional groups attached to an aromatic ring is 1. The number of aromatic nitrogens is 3. The van der Waals surface area contributed by atoms with Crippen LogP contribution in [0.25, 0.3) is 0 Å². The van der Waals surface area contributed by atoms with Crippen molar-refractivity contribution < 1.29 is 22.7 Å². The molecule has 8 nitrogen and oxygen atoms in total. The lowest BCUT2D eigenvalue weighted by Gasteiger charge is -2.22.